The normalized spacial score (nSPS) is 10.1. The average Bonchev–Trinajstić information content (AvgIpc) is 2.34. The highest BCUT2D eigenvalue weighted by atomic mass is 16.1. The molecule has 1 amide bonds. The third-order valence-electron chi connectivity index (χ3n) is 2.82. The van der Waals surface area contributed by atoms with Crippen LogP contribution in [-0.2, 0) is 11.2 Å². The Morgan fingerprint density at radius 2 is 1.81 bits per heavy atom. The SMILES string of the molecule is CCCCCCc1ccc(N(C)C=O)cc1. The van der Waals surface area contributed by atoms with Crippen LogP contribution in [0.2, 0.25) is 0 Å². The Hall–Kier alpha value is -1.31. The smallest absolute Gasteiger partial charge is 0.213 e. The standard InChI is InChI=1S/C14H21NO/c1-3-4-5-6-7-13-8-10-14(11-9-13)15(2)12-16/h8-12H,3-7H2,1-2H3. The maximum atomic E-state index is 10.6. The van der Waals surface area contributed by atoms with E-state index in [9.17, 15) is 4.79 Å². The van der Waals surface area contributed by atoms with Crippen molar-refractivity contribution >= 4 is 12.1 Å². The molecule has 1 aromatic rings. The number of unbranched alkanes of at least 4 members (excludes halogenated alkanes) is 3. The number of rotatable bonds is 7. The van der Waals surface area contributed by atoms with Gasteiger partial charge < -0.3 is 4.90 Å². The van der Waals surface area contributed by atoms with Gasteiger partial charge in [-0.1, -0.05) is 38.3 Å². The summed E-state index contributed by atoms with van der Waals surface area (Å²) in [4.78, 5) is 12.1. The highest BCUT2D eigenvalue weighted by molar-refractivity contribution is 5.74. The van der Waals surface area contributed by atoms with Crippen LogP contribution in [0.15, 0.2) is 24.3 Å². The molecule has 0 aliphatic heterocycles. The fourth-order valence-corrected chi connectivity index (χ4v) is 1.71. The van der Waals surface area contributed by atoms with E-state index >= 15 is 0 Å². The lowest BCUT2D eigenvalue weighted by Crippen LogP contribution is -2.13. The van der Waals surface area contributed by atoms with Crippen LogP contribution in [0.4, 0.5) is 5.69 Å². The van der Waals surface area contributed by atoms with Gasteiger partial charge in [0.25, 0.3) is 0 Å². The van der Waals surface area contributed by atoms with Gasteiger partial charge in [0.1, 0.15) is 0 Å². The maximum Gasteiger partial charge on any atom is 0.213 e. The van der Waals surface area contributed by atoms with Crippen molar-refractivity contribution in [1.82, 2.24) is 0 Å². The third-order valence-corrected chi connectivity index (χ3v) is 2.82. The minimum absolute atomic E-state index is 0.830. The molecule has 0 unspecified atom stereocenters. The largest absolute Gasteiger partial charge is 0.318 e. The second-order valence-electron chi connectivity index (χ2n) is 4.19. The molecule has 0 fully saturated rings. The number of nitrogens with zero attached hydrogens (tertiary/aromatic N) is 1. The topological polar surface area (TPSA) is 20.3 Å². The summed E-state index contributed by atoms with van der Waals surface area (Å²) in [6, 6.07) is 8.23. The molecule has 0 aliphatic rings. The Balaban J connectivity index is 2.42. The van der Waals surface area contributed by atoms with Crippen molar-refractivity contribution in [3.05, 3.63) is 29.8 Å². The molecule has 0 radical (unpaired) electrons. The van der Waals surface area contributed by atoms with Gasteiger partial charge in [-0.15, -0.1) is 0 Å². The van der Waals surface area contributed by atoms with Gasteiger partial charge in [0.2, 0.25) is 6.41 Å². The van der Waals surface area contributed by atoms with Crippen LogP contribution in [0, 0.1) is 0 Å². The summed E-state index contributed by atoms with van der Waals surface area (Å²) in [6.45, 7) is 2.23. The van der Waals surface area contributed by atoms with Crippen molar-refractivity contribution < 1.29 is 4.79 Å². The Kier molecular flexibility index (Phi) is 5.62. The molecular weight excluding hydrogens is 198 g/mol. The van der Waals surface area contributed by atoms with Crippen LogP contribution < -0.4 is 4.90 Å². The minimum atomic E-state index is 0.830. The summed E-state index contributed by atoms with van der Waals surface area (Å²) < 4.78 is 0. The second-order valence-corrected chi connectivity index (χ2v) is 4.19. The first kappa shape index (κ1) is 12.8. The molecule has 1 rings (SSSR count). The number of aryl methyl sites for hydroxylation is 1. The monoisotopic (exact) mass is 219 g/mol. The molecule has 0 saturated heterocycles. The predicted octanol–water partition coefficient (Wildman–Crippen LogP) is 3.40. The number of hydrogen-bond donors (Lipinski definition) is 0. The fraction of sp³-hybridized carbons (Fsp3) is 0.500. The van der Waals surface area contributed by atoms with Gasteiger partial charge in [-0.3, -0.25) is 4.79 Å². The summed E-state index contributed by atoms with van der Waals surface area (Å²) in [5.41, 5.74) is 2.31. The van der Waals surface area contributed by atoms with Crippen molar-refractivity contribution in [1.29, 1.82) is 0 Å². The third kappa shape index (κ3) is 4.05. The van der Waals surface area contributed by atoms with E-state index in [1.54, 1.807) is 11.9 Å². The van der Waals surface area contributed by atoms with Crippen LogP contribution in [0.5, 0.6) is 0 Å². The van der Waals surface area contributed by atoms with Gasteiger partial charge in [-0.2, -0.15) is 0 Å². The van der Waals surface area contributed by atoms with Crippen LogP contribution in [0.25, 0.3) is 0 Å². The van der Waals surface area contributed by atoms with E-state index in [0.717, 1.165) is 18.5 Å². The van der Waals surface area contributed by atoms with E-state index in [-0.39, 0.29) is 0 Å². The molecule has 1 aromatic carbocycles. The molecule has 0 aromatic heterocycles. The first-order valence-electron chi connectivity index (χ1n) is 6.05. The van der Waals surface area contributed by atoms with E-state index < -0.39 is 0 Å². The Labute approximate surface area is 98.3 Å². The van der Waals surface area contributed by atoms with Crippen LogP contribution in [0.3, 0.4) is 0 Å². The lowest BCUT2D eigenvalue weighted by atomic mass is 10.1. The number of carbonyl (C=O) groups excluding carboxylic acids is 1. The Morgan fingerprint density at radius 3 is 2.38 bits per heavy atom. The Bertz CT molecular complexity index is 305. The molecule has 0 heterocycles. The van der Waals surface area contributed by atoms with Crippen molar-refractivity contribution in [2.24, 2.45) is 0 Å². The molecule has 0 aliphatic carbocycles. The lowest BCUT2D eigenvalue weighted by Gasteiger charge is -2.11. The first-order valence-corrected chi connectivity index (χ1v) is 6.05. The van der Waals surface area contributed by atoms with Crippen molar-refractivity contribution in [2.75, 3.05) is 11.9 Å². The molecule has 2 heteroatoms. The zero-order chi connectivity index (χ0) is 11.8. The van der Waals surface area contributed by atoms with Gasteiger partial charge in [0.15, 0.2) is 0 Å². The zero-order valence-corrected chi connectivity index (χ0v) is 10.3. The van der Waals surface area contributed by atoms with E-state index in [1.165, 1.54) is 31.2 Å². The van der Waals surface area contributed by atoms with Gasteiger partial charge in [0.05, 0.1) is 0 Å². The predicted molar refractivity (Wildman–Crippen MR) is 68.8 cm³/mol. The molecule has 0 saturated carbocycles. The van der Waals surface area contributed by atoms with E-state index in [2.05, 4.69) is 19.1 Å². The number of benzene rings is 1. The molecule has 0 spiro atoms. The molecule has 0 N–H and O–H groups in total. The molecular formula is C14H21NO. The lowest BCUT2D eigenvalue weighted by molar-refractivity contribution is -0.107. The number of hydrogen-bond acceptors (Lipinski definition) is 1. The fourth-order valence-electron chi connectivity index (χ4n) is 1.71. The number of carbonyl (C=O) groups is 1. The number of anilines is 1. The number of amides is 1. The summed E-state index contributed by atoms with van der Waals surface area (Å²) >= 11 is 0. The van der Waals surface area contributed by atoms with E-state index in [1.807, 2.05) is 12.1 Å². The highest BCUT2D eigenvalue weighted by Gasteiger charge is 1.98. The summed E-state index contributed by atoms with van der Waals surface area (Å²) in [7, 11) is 1.77. The molecule has 0 atom stereocenters. The van der Waals surface area contributed by atoms with Gasteiger partial charge in [0, 0.05) is 12.7 Å². The van der Waals surface area contributed by atoms with Crippen LogP contribution in [-0.4, -0.2) is 13.5 Å². The van der Waals surface area contributed by atoms with Gasteiger partial charge >= 0.3 is 0 Å². The van der Waals surface area contributed by atoms with Gasteiger partial charge in [-0.05, 0) is 30.5 Å². The Morgan fingerprint density at radius 1 is 1.12 bits per heavy atom. The van der Waals surface area contributed by atoms with Crippen molar-refractivity contribution in [3.8, 4) is 0 Å². The summed E-state index contributed by atoms with van der Waals surface area (Å²) in [6.07, 6.45) is 7.15. The molecule has 2 nitrogen and oxygen atoms in total. The molecule has 0 bridgehead atoms. The van der Waals surface area contributed by atoms with Crippen LogP contribution >= 0.6 is 0 Å². The van der Waals surface area contributed by atoms with E-state index in [0.29, 0.717) is 0 Å². The second kappa shape index (κ2) is 7.04. The van der Waals surface area contributed by atoms with Gasteiger partial charge in [-0.25, -0.2) is 0 Å². The molecule has 88 valence electrons. The minimum Gasteiger partial charge on any atom is -0.318 e. The van der Waals surface area contributed by atoms with Crippen molar-refractivity contribution in [2.45, 2.75) is 39.0 Å². The average molecular weight is 219 g/mol. The summed E-state index contributed by atoms with van der Waals surface area (Å²) in [5.74, 6) is 0. The van der Waals surface area contributed by atoms with Crippen molar-refractivity contribution in [3.63, 3.8) is 0 Å². The highest BCUT2D eigenvalue weighted by Crippen LogP contribution is 2.14. The molecule has 16 heavy (non-hydrogen) atoms. The zero-order valence-electron chi connectivity index (χ0n) is 10.3. The first-order chi connectivity index (χ1) is 7.77. The summed E-state index contributed by atoms with van der Waals surface area (Å²) in [5, 5.41) is 0. The van der Waals surface area contributed by atoms with E-state index in [4.69, 9.17) is 0 Å². The van der Waals surface area contributed by atoms with Crippen LogP contribution in [0.1, 0.15) is 38.2 Å². The quantitative estimate of drug-likeness (QED) is 0.508. The maximum absolute atomic E-state index is 10.6.